The fraction of sp³-hybridized carbons (Fsp3) is 0.143. The monoisotopic (exact) mass is 273 g/mol. The molecule has 0 radical (unpaired) electrons. The van der Waals surface area contributed by atoms with Crippen molar-refractivity contribution in [3.63, 3.8) is 0 Å². The van der Waals surface area contributed by atoms with Crippen molar-refractivity contribution in [2.24, 2.45) is 7.05 Å². The molecule has 0 saturated carbocycles. The zero-order valence-electron chi connectivity index (χ0n) is 10.7. The molecule has 0 aliphatic carbocycles. The Hall–Kier alpha value is -2.65. The van der Waals surface area contributed by atoms with Crippen molar-refractivity contribution in [2.45, 2.75) is 0 Å². The minimum absolute atomic E-state index is 0.0511. The summed E-state index contributed by atoms with van der Waals surface area (Å²) in [5, 5.41) is 14.9. The van der Waals surface area contributed by atoms with E-state index in [0.29, 0.717) is 5.56 Å². The van der Waals surface area contributed by atoms with Crippen LogP contribution in [0.2, 0.25) is 0 Å². The Kier molecular flexibility index (Phi) is 4.13. The molecule has 0 saturated heterocycles. The number of aliphatic hydroxyl groups is 1. The van der Waals surface area contributed by atoms with Crippen molar-refractivity contribution in [3.05, 3.63) is 47.5 Å². The summed E-state index contributed by atoms with van der Waals surface area (Å²) in [7, 11) is 1.69. The van der Waals surface area contributed by atoms with Gasteiger partial charge in [0.2, 0.25) is 0 Å². The van der Waals surface area contributed by atoms with Crippen molar-refractivity contribution in [1.29, 1.82) is 0 Å². The van der Waals surface area contributed by atoms with Gasteiger partial charge in [0.1, 0.15) is 12.4 Å². The topological polar surface area (TPSA) is 67.2 Å². The lowest BCUT2D eigenvalue weighted by molar-refractivity contribution is 0.102. The predicted molar refractivity (Wildman–Crippen MR) is 71.5 cm³/mol. The molecule has 0 bridgehead atoms. The molecular weight excluding hydrogens is 261 g/mol. The van der Waals surface area contributed by atoms with Gasteiger partial charge in [-0.15, -0.1) is 0 Å². The number of nitrogens with zero attached hydrogens (tertiary/aromatic N) is 2. The zero-order chi connectivity index (χ0) is 14.5. The first kappa shape index (κ1) is 13.8. The Bertz CT molecular complexity index is 698. The van der Waals surface area contributed by atoms with E-state index in [-0.39, 0.29) is 18.0 Å². The number of nitrogens with one attached hydrogen (secondary N) is 1. The Morgan fingerprint density at radius 3 is 2.90 bits per heavy atom. The van der Waals surface area contributed by atoms with Crippen LogP contribution >= 0.6 is 0 Å². The largest absolute Gasteiger partial charge is 0.384 e. The second-order valence-electron chi connectivity index (χ2n) is 3.98. The molecule has 1 amide bonds. The molecule has 6 heteroatoms. The molecule has 2 rings (SSSR count). The SMILES string of the molecule is Cn1ccc(C(=O)Nc2ccc(C#CCO)cc2F)n1. The third-order valence-corrected chi connectivity index (χ3v) is 2.48. The Labute approximate surface area is 115 Å². The van der Waals surface area contributed by atoms with E-state index in [4.69, 9.17) is 5.11 Å². The first-order valence-corrected chi connectivity index (χ1v) is 5.80. The van der Waals surface area contributed by atoms with E-state index in [0.717, 1.165) is 0 Å². The van der Waals surface area contributed by atoms with Gasteiger partial charge in [-0.2, -0.15) is 5.10 Å². The molecule has 0 aliphatic heterocycles. The molecule has 5 nitrogen and oxygen atoms in total. The minimum atomic E-state index is -0.598. The lowest BCUT2D eigenvalue weighted by Gasteiger charge is -2.05. The minimum Gasteiger partial charge on any atom is -0.384 e. The number of aliphatic hydroxyl groups excluding tert-OH is 1. The molecule has 2 aromatic rings. The van der Waals surface area contributed by atoms with Gasteiger partial charge in [0.25, 0.3) is 5.91 Å². The number of hydrogen-bond donors (Lipinski definition) is 2. The van der Waals surface area contributed by atoms with E-state index in [1.54, 1.807) is 19.3 Å². The smallest absolute Gasteiger partial charge is 0.276 e. The van der Waals surface area contributed by atoms with E-state index in [1.807, 2.05) is 0 Å². The third kappa shape index (κ3) is 3.22. The summed E-state index contributed by atoms with van der Waals surface area (Å²) in [6, 6.07) is 5.70. The van der Waals surface area contributed by atoms with Crippen molar-refractivity contribution >= 4 is 11.6 Å². The standard InChI is InChI=1S/C14H12FN3O2/c1-18-7-6-13(17-18)14(20)16-12-5-4-10(3-2-8-19)9-11(12)15/h4-7,9,19H,8H2,1H3,(H,16,20). The third-order valence-electron chi connectivity index (χ3n) is 2.48. The highest BCUT2D eigenvalue weighted by Crippen LogP contribution is 2.16. The summed E-state index contributed by atoms with van der Waals surface area (Å²) in [4.78, 5) is 11.8. The first-order chi connectivity index (χ1) is 9.60. The number of aryl methyl sites for hydroxylation is 1. The number of rotatable bonds is 2. The van der Waals surface area contributed by atoms with Gasteiger partial charge in [-0.05, 0) is 24.3 Å². The van der Waals surface area contributed by atoms with Crippen LogP contribution in [0.15, 0.2) is 30.5 Å². The van der Waals surface area contributed by atoms with Crippen molar-refractivity contribution in [3.8, 4) is 11.8 Å². The Balaban J connectivity index is 2.16. The molecule has 1 aromatic heterocycles. The van der Waals surface area contributed by atoms with Gasteiger partial charge in [0.05, 0.1) is 5.69 Å². The van der Waals surface area contributed by atoms with Gasteiger partial charge in [0.15, 0.2) is 5.69 Å². The van der Waals surface area contributed by atoms with Gasteiger partial charge in [0, 0.05) is 18.8 Å². The molecule has 0 spiro atoms. The fourth-order valence-corrected chi connectivity index (χ4v) is 1.56. The number of halogens is 1. The summed E-state index contributed by atoms with van der Waals surface area (Å²) in [6.07, 6.45) is 1.62. The molecule has 2 N–H and O–H groups in total. The molecule has 0 aliphatic rings. The van der Waals surface area contributed by atoms with Crippen LogP contribution in [0.1, 0.15) is 16.1 Å². The van der Waals surface area contributed by atoms with Crippen LogP contribution in [0.4, 0.5) is 10.1 Å². The van der Waals surface area contributed by atoms with Gasteiger partial charge >= 0.3 is 0 Å². The van der Waals surface area contributed by atoms with Crippen LogP contribution in [0.25, 0.3) is 0 Å². The number of aromatic nitrogens is 2. The summed E-state index contributed by atoms with van der Waals surface area (Å²) in [6.45, 7) is -0.292. The fourth-order valence-electron chi connectivity index (χ4n) is 1.56. The average Bonchev–Trinajstić information content (AvgIpc) is 2.86. The quantitative estimate of drug-likeness (QED) is 0.807. The second-order valence-corrected chi connectivity index (χ2v) is 3.98. The zero-order valence-corrected chi connectivity index (χ0v) is 10.7. The molecule has 0 atom stereocenters. The highest BCUT2D eigenvalue weighted by atomic mass is 19.1. The highest BCUT2D eigenvalue weighted by molar-refractivity contribution is 6.02. The van der Waals surface area contributed by atoms with Crippen LogP contribution in [-0.4, -0.2) is 27.4 Å². The van der Waals surface area contributed by atoms with E-state index < -0.39 is 11.7 Å². The summed E-state index contributed by atoms with van der Waals surface area (Å²) in [5.74, 6) is 3.92. The number of amides is 1. The Morgan fingerprint density at radius 2 is 2.30 bits per heavy atom. The summed E-state index contributed by atoms with van der Waals surface area (Å²) in [5.41, 5.74) is 0.679. The van der Waals surface area contributed by atoms with Gasteiger partial charge in [-0.1, -0.05) is 11.8 Å². The molecular formula is C14H12FN3O2. The first-order valence-electron chi connectivity index (χ1n) is 5.80. The van der Waals surface area contributed by atoms with Crippen molar-refractivity contribution < 1.29 is 14.3 Å². The van der Waals surface area contributed by atoms with E-state index in [9.17, 15) is 9.18 Å². The number of carbonyl (C=O) groups excluding carboxylic acids is 1. The number of anilines is 1. The van der Waals surface area contributed by atoms with Gasteiger partial charge in [-0.25, -0.2) is 4.39 Å². The van der Waals surface area contributed by atoms with Crippen LogP contribution in [0.3, 0.4) is 0 Å². The van der Waals surface area contributed by atoms with Gasteiger partial charge in [-0.3, -0.25) is 9.48 Å². The second kappa shape index (κ2) is 5.99. The maximum Gasteiger partial charge on any atom is 0.276 e. The Morgan fingerprint density at radius 1 is 1.50 bits per heavy atom. The van der Waals surface area contributed by atoms with Crippen molar-refractivity contribution in [1.82, 2.24) is 9.78 Å². The lowest BCUT2D eigenvalue weighted by atomic mass is 10.2. The van der Waals surface area contributed by atoms with Crippen molar-refractivity contribution in [2.75, 3.05) is 11.9 Å². The lowest BCUT2D eigenvalue weighted by Crippen LogP contribution is -2.14. The number of benzene rings is 1. The van der Waals surface area contributed by atoms with Crippen LogP contribution in [0.5, 0.6) is 0 Å². The van der Waals surface area contributed by atoms with Crippen LogP contribution in [0, 0.1) is 17.7 Å². The van der Waals surface area contributed by atoms with Crippen LogP contribution < -0.4 is 5.32 Å². The molecule has 20 heavy (non-hydrogen) atoms. The summed E-state index contributed by atoms with van der Waals surface area (Å²) >= 11 is 0. The molecule has 1 heterocycles. The molecule has 0 fully saturated rings. The van der Waals surface area contributed by atoms with E-state index in [2.05, 4.69) is 22.3 Å². The van der Waals surface area contributed by atoms with Crippen LogP contribution in [-0.2, 0) is 7.05 Å². The number of carbonyl (C=O) groups is 1. The average molecular weight is 273 g/mol. The highest BCUT2D eigenvalue weighted by Gasteiger charge is 2.11. The maximum atomic E-state index is 13.8. The number of hydrogen-bond acceptors (Lipinski definition) is 3. The molecule has 1 aromatic carbocycles. The summed E-state index contributed by atoms with van der Waals surface area (Å²) < 4.78 is 15.3. The maximum absolute atomic E-state index is 13.8. The van der Waals surface area contributed by atoms with E-state index >= 15 is 0 Å². The molecule has 0 unspecified atom stereocenters. The van der Waals surface area contributed by atoms with E-state index in [1.165, 1.54) is 22.9 Å². The normalized spacial score (nSPS) is 9.75. The van der Waals surface area contributed by atoms with Gasteiger partial charge < -0.3 is 10.4 Å². The predicted octanol–water partition coefficient (Wildman–Crippen LogP) is 1.16. The molecule has 102 valence electrons.